The minimum Gasteiger partial charge on any atom is -0.298 e. The van der Waals surface area contributed by atoms with Gasteiger partial charge in [-0.25, -0.2) is 4.68 Å². The molecule has 0 saturated carbocycles. The second kappa shape index (κ2) is 5.87. The third-order valence-electron chi connectivity index (χ3n) is 3.10. The van der Waals surface area contributed by atoms with Gasteiger partial charge in [0.2, 0.25) is 0 Å². The number of aryl methyl sites for hydroxylation is 1. The minimum atomic E-state index is 0.589. The van der Waals surface area contributed by atoms with Crippen molar-refractivity contribution in [1.82, 2.24) is 9.78 Å². The van der Waals surface area contributed by atoms with Crippen LogP contribution >= 0.6 is 43.2 Å². The highest BCUT2D eigenvalue weighted by Crippen LogP contribution is 2.34. The van der Waals surface area contributed by atoms with Crippen LogP contribution in [0.2, 0.25) is 0 Å². The first-order valence-electron chi connectivity index (χ1n) is 6.15. The number of carbonyl (C=O) groups is 1. The fourth-order valence-corrected chi connectivity index (χ4v) is 4.05. The molecule has 2 aromatic heterocycles. The molecule has 0 unspecified atom stereocenters. The molecular formula is C15H10Br2N2OS. The van der Waals surface area contributed by atoms with E-state index in [1.54, 1.807) is 22.2 Å². The summed E-state index contributed by atoms with van der Waals surface area (Å²) in [6.45, 7) is 2.03. The highest BCUT2D eigenvalue weighted by molar-refractivity contribution is 9.11. The molecule has 6 heteroatoms. The van der Waals surface area contributed by atoms with Crippen molar-refractivity contribution in [1.29, 1.82) is 0 Å². The summed E-state index contributed by atoms with van der Waals surface area (Å²) in [6.07, 6.45) is 2.61. The van der Waals surface area contributed by atoms with Crippen molar-refractivity contribution < 1.29 is 4.79 Å². The van der Waals surface area contributed by atoms with Crippen LogP contribution < -0.4 is 0 Å². The molecule has 0 spiro atoms. The fourth-order valence-electron chi connectivity index (χ4n) is 2.09. The number of benzene rings is 1. The molecule has 0 aliphatic carbocycles. The predicted octanol–water partition coefficient (Wildman–Crippen LogP) is 5.25. The SMILES string of the molecule is Cc1sc(Br)cc1-c1nn(-c2ccc(Br)cc2)cc1C=O. The maximum Gasteiger partial charge on any atom is 0.153 e. The smallest absolute Gasteiger partial charge is 0.153 e. The zero-order valence-electron chi connectivity index (χ0n) is 11.0. The molecule has 0 N–H and O–H groups in total. The fraction of sp³-hybridized carbons (Fsp3) is 0.0667. The third-order valence-corrected chi connectivity index (χ3v) is 5.19. The van der Waals surface area contributed by atoms with Gasteiger partial charge >= 0.3 is 0 Å². The Morgan fingerprint density at radius 2 is 1.95 bits per heavy atom. The second-order valence-electron chi connectivity index (χ2n) is 4.49. The van der Waals surface area contributed by atoms with Crippen molar-refractivity contribution in [3.63, 3.8) is 0 Å². The molecule has 21 heavy (non-hydrogen) atoms. The van der Waals surface area contributed by atoms with Crippen LogP contribution in [-0.4, -0.2) is 16.1 Å². The quantitative estimate of drug-likeness (QED) is 0.537. The van der Waals surface area contributed by atoms with E-state index >= 15 is 0 Å². The van der Waals surface area contributed by atoms with Crippen LogP contribution in [0.5, 0.6) is 0 Å². The third kappa shape index (κ3) is 2.88. The Kier molecular flexibility index (Phi) is 4.10. The Bertz CT molecular complexity index is 806. The molecule has 0 atom stereocenters. The first-order valence-corrected chi connectivity index (χ1v) is 8.56. The van der Waals surface area contributed by atoms with E-state index in [0.717, 1.165) is 30.7 Å². The first-order chi connectivity index (χ1) is 10.1. The molecular weight excluding hydrogens is 416 g/mol. The van der Waals surface area contributed by atoms with Crippen LogP contribution in [0, 0.1) is 6.92 Å². The number of aromatic nitrogens is 2. The van der Waals surface area contributed by atoms with Gasteiger partial charge in [0.1, 0.15) is 5.69 Å². The number of nitrogens with zero attached hydrogens (tertiary/aromatic N) is 2. The summed E-state index contributed by atoms with van der Waals surface area (Å²) >= 11 is 8.52. The maximum atomic E-state index is 11.3. The molecule has 3 rings (SSSR count). The Labute approximate surface area is 142 Å². The van der Waals surface area contributed by atoms with Gasteiger partial charge in [0.25, 0.3) is 0 Å². The zero-order valence-corrected chi connectivity index (χ0v) is 15.0. The van der Waals surface area contributed by atoms with Crippen molar-refractivity contribution in [3.8, 4) is 16.9 Å². The number of hydrogen-bond acceptors (Lipinski definition) is 3. The summed E-state index contributed by atoms with van der Waals surface area (Å²) in [5, 5.41) is 4.58. The molecule has 1 aromatic carbocycles. The summed E-state index contributed by atoms with van der Waals surface area (Å²) in [5.41, 5.74) is 3.21. The van der Waals surface area contributed by atoms with E-state index in [2.05, 4.69) is 37.0 Å². The predicted molar refractivity (Wildman–Crippen MR) is 92.4 cm³/mol. The molecule has 3 aromatic rings. The Morgan fingerprint density at radius 1 is 1.24 bits per heavy atom. The van der Waals surface area contributed by atoms with Gasteiger partial charge in [0, 0.05) is 21.1 Å². The van der Waals surface area contributed by atoms with Gasteiger partial charge < -0.3 is 0 Å². The molecule has 0 bridgehead atoms. The average molecular weight is 426 g/mol. The Morgan fingerprint density at radius 3 is 2.52 bits per heavy atom. The lowest BCUT2D eigenvalue weighted by atomic mass is 10.1. The van der Waals surface area contributed by atoms with E-state index in [1.165, 1.54) is 0 Å². The van der Waals surface area contributed by atoms with Gasteiger partial charge in [-0.1, -0.05) is 15.9 Å². The molecule has 3 nitrogen and oxygen atoms in total. The largest absolute Gasteiger partial charge is 0.298 e. The van der Waals surface area contributed by atoms with Gasteiger partial charge in [0.15, 0.2) is 6.29 Å². The topological polar surface area (TPSA) is 34.9 Å². The lowest BCUT2D eigenvalue weighted by Crippen LogP contribution is -1.94. The lowest BCUT2D eigenvalue weighted by molar-refractivity contribution is 0.112. The van der Waals surface area contributed by atoms with Crippen LogP contribution in [0.25, 0.3) is 16.9 Å². The first kappa shape index (κ1) is 14.7. The second-order valence-corrected chi connectivity index (χ2v) is 8.04. The van der Waals surface area contributed by atoms with Crippen molar-refractivity contribution in [2.75, 3.05) is 0 Å². The highest BCUT2D eigenvalue weighted by atomic mass is 79.9. The molecule has 0 aliphatic rings. The molecule has 0 saturated heterocycles. The normalized spacial score (nSPS) is 10.8. The lowest BCUT2D eigenvalue weighted by Gasteiger charge is -2.01. The number of aldehydes is 1. The average Bonchev–Trinajstić information content (AvgIpc) is 3.02. The standard InChI is InChI=1S/C15H10Br2N2OS/c1-9-13(6-14(17)21-9)15-10(8-20)7-19(18-15)12-4-2-11(16)3-5-12/h2-8H,1H3. The molecule has 2 heterocycles. The molecule has 0 fully saturated rings. The van der Waals surface area contributed by atoms with E-state index in [0.29, 0.717) is 11.3 Å². The molecule has 0 radical (unpaired) electrons. The van der Waals surface area contributed by atoms with Crippen molar-refractivity contribution in [3.05, 3.63) is 55.2 Å². The highest BCUT2D eigenvalue weighted by Gasteiger charge is 2.15. The van der Waals surface area contributed by atoms with E-state index in [4.69, 9.17) is 0 Å². The number of hydrogen-bond donors (Lipinski definition) is 0. The van der Waals surface area contributed by atoms with Crippen LogP contribution in [0.3, 0.4) is 0 Å². The van der Waals surface area contributed by atoms with E-state index in [9.17, 15) is 4.79 Å². The number of carbonyl (C=O) groups excluding carboxylic acids is 1. The minimum absolute atomic E-state index is 0.589. The van der Waals surface area contributed by atoms with E-state index < -0.39 is 0 Å². The maximum absolute atomic E-state index is 11.3. The van der Waals surface area contributed by atoms with Crippen LogP contribution in [-0.2, 0) is 0 Å². The Balaban J connectivity index is 2.12. The number of rotatable bonds is 3. The monoisotopic (exact) mass is 424 g/mol. The van der Waals surface area contributed by atoms with Gasteiger partial charge in [-0.3, -0.25) is 4.79 Å². The molecule has 106 valence electrons. The molecule has 0 aliphatic heterocycles. The van der Waals surface area contributed by atoms with E-state index in [-0.39, 0.29) is 0 Å². The summed E-state index contributed by atoms with van der Waals surface area (Å²) in [6, 6.07) is 9.80. The van der Waals surface area contributed by atoms with Gasteiger partial charge in [-0.2, -0.15) is 5.10 Å². The van der Waals surface area contributed by atoms with Crippen LogP contribution in [0.4, 0.5) is 0 Å². The van der Waals surface area contributed by atoms with Crippen molar-refractivity contribution in [2.45, 2.75) is 6.92 Å². The zero-order chi connectivity index (χ0) is 15.0. The summed E-state index contributed by atoms with van der Waals surface area (Å²) in [4.78, 5) is 12.5. The number of thiophene rings is 1. The van der Waals surface area contributed by atoms with Crippen molar-refractivity contribution >= 4 is 49.5 Å². The number of halogens is 2. The molecule has 0 amide bonds. The van der Waals surface area contributed by atoms with Gasteiger partial charge in [-0.05, 0) is 53.2 Å². The van der Waals surface area contributed by atoms with Gasteiger partial charge in [-0.15, -0.1) is 11.3 Å². The van der Waals surface area contributed by atoms with E-state index in [1.807, 2.05) is 37.3 Å². The summed E-state index contributed by atoms with van der Waals surface area (Å²) in [5.74, 6) is 0. The van der Waals surface area contributed by atoms with Gasteiger partial charge in [0.05, 0.1) is 15.0 Å². The summed E-state index contributed by atoms with van der Waals surface area (Å²) in [7, 11) is 0. The van der Waals surface area contributed by atoms with Crippen LogP contribution in [0.1, 0.15) is 15.2 Å². The van der Waals surface area contributed by atoms with Crippen molar-refractivity contribution in [2.24, 2.45) is 0 Å². The Hall–Kier alpha value is -1.24. The summed E-state index contributed by atoms with van der Waals surface area (Å²) < 4.78 is 3.77. The van der Waals surface area contributed by atoms with Crippen LogP contribution in [0.15, 0.2) is 44.8 Å².